The number of rotatable bonds is 0. The molecule has 21 heavy (non-hydrogen) atoms. The fourth-order valence-electron chi connectivity index (χ4n) is 6.50. The van der Waals surface area contributed by atoms with Gasteiger partial charge in [-0.05, 0) is 74.2 Å². The van der Waals surface area contributed by atoms with Crippen molar-refractivity contribution in [2.75, 3.05) is 0 Å². The van der Waals surface area contributed by atoms with Crippen molar-refractivity contribution in [3.05, 3.63) is 11.6 Å². The molecule has 0 heterocycles. The monoisotopic (exact) mass is 290 g/mol. The maximum absolute atomic E-state index is 14.4. The summed E-state index contributed by atoms with van der Waals surface area (Å²) in [6, 6.07) is 0. The summed E-state index contributed by atoms with van der Waals surface area (Å²) in [4.78, 5) is 11.8. The Labute approximate surface area is 127 Å². The summed E-state index contributed by atoms with van der Waals surface area (Å²) in [7, 11) is 0. The second-order valence-corrected chi connectivity index (χ2v) is 8.56. The number of fused-ring (bicyclic) bond motifs is 5. The lowest BCUT2D eigenvalue weighted by molar-refractivity contribution is -0.117. The second kappa shape index (κ2) is 4.43. The van der Waals surface area contributed by atoms with Crippen molar-refractivity contribution in [1.29, 1.82) is 0 Å². The Kier molecular flexibility index (Phi) is 2.94. The lowest BCUT2D eigenvalue weighted by Crippen LogP contribution is -2.50. The molecule has 0 N–H and O–H groups in total. The highest BCUT2D eigenvalue weighted by Gasteiger charge is 2.59. The molecule has 4 aliphatic carbocycles. The standard InChI is InChI=1S/C19H27FO/c1-18-9-7-13(21)11-12(18)3-4-14-15-5-6-17(20)19(15,2)10-8-16(14)18/h11,14-17H,3-10H2,1-2H3/t14-,15-,16-,17?,18-,19-/m0/s1. The van der Waals surface area contributed by atoms with Gasteiger partial charge in [-0.1, -0.05) is 19.4 Å². The topological polar surface area (TPSA) is 17.1 Å². The summed E-state index contributed by atoms with van der Waals surface area (Å²) >= 11 is 0. The number of ketones is 1. The van der Waals surface area contributed by atoms with Crippen molar-refractivity contribution in [3.63, 3.8) is 0 Å². The molecular weight excluding hydrogens is 263 g/mol. The Morgan fingerprint density at radius 3 is 2.67 bits per heavy atom. The molecule has 0 aliphatic heterocycles. The highest BCUT2D eigenvalue weighted by atomic mass is 19.1. The van der Waals surface area contributed by atoms with E-state index >= 15 is 0 Å². The van der Waals surface area contributed by atoms with Gasteiger partial charge in [0.25, 0.3) is 0 Å². The minimum Gasteiger partial charge on any atom is -0.295 e. The van der Waals surface area contributed by atoms with Gasteiger partial charge in [0.05, 0.1) is 0 Å². The molecule has 1 unspecified atom stereocenters. The summed E-state index contributed by atoms with van der Waals surface area (Å²) in [5.41, 5.74) is 1.59. The Hall–Kier alpha value is -0.660. The summed E-state index contributed by atoms with van der Waals surface area (Å²) in [6.07, 6.45) is 9.48. The molecule has 0 radical (unpaired) electrons. The largest absolute Gasteiger partial charge is 0.295 e. The average molecular weight is 290 g/mol. The first kappa shape index (κ1) is 14.0. The quantitative estimate of drug-likeness (QED) is 0.623. The SMILES string of the molecule is C[C@]12CCC(=O)C=C1CC[C@@H]1[C@@H]2CC[C@]2(C)C(F)CC[C@@H]12. The van der Waals surface area contributed by atoms with E-state index in [0.717, 1.165) is 38.5 Å². The van der Waals surface area contributed by atoms with Gasteiger partial charge in [-0.2, -0.15) is 0 Å². The first-order valence-electron chi connectivity index (χ1n) is 8.83. The van der Waals surface area contributed by atoms with Crippen molar-refractivity contribution in [3.8, 4) is 0 Å². The third kappa shape index (κ3) is 1.77. The van der Waals surface area contributed by atoms with Gasteiger partial charge in [-0.3, -0.25) is 4.79 Å². The van der Waals surface area contributed by atoms with Gasteiger partial charge >= 0.3 is 0 Å². The van der Waals surface area contributed by atoms with E-state index in [1.165, 1.54) is 18.4 Å². The molecule has 3 saturated carbocycles. The lowest BCUT2D eigenvalue weighted by Gasteiger charge is -2.57. The van der Waals surface area contributed by atoms with E-state index in [4.69, 9.17) is 0 Å². The minimum atomic E-state index is -0.582. The number of alkyl halides is 1. The number of carbonyl (C=O) groups is 1. The smallest absolute Gasteiger partial charge is 0.155 e. The van der Waals surface area contributed by atoms with Gasteiger partial charge in [-0.25, -0.2) is 4.39 Å². The second-order valence-electron chi connectivity index (χ2n) is 8.56. The molecule has 0 amide bonds. The summed E-state index contributed by atoms with van der Waals surface area (Å²) in [5.74, 6) is 2.29. The zero-order chi connectivity index (χ0) is 14.8. The molecule has 0 saturated heterocycles. The number of hydrogen-bond acceptors (Lipinski definition) is 1. The third-order valence-electron chi connectivity index (χ3n) is 7.85. The van der Waals surface area contributed by atoms with Gasteiger partial charge < -0.3 is 0 Å². The maximum Gasteiger partial charge on any atom is 0.155 e. The predicted molar refractivity (Wildman–Crippen MR) is 81.6 cm³/mol. The van der Waals surface area contributed by atoms with Crippen molar-refractivity contribution < 1.29 is 9.18 Å². The highest BCUT2D eigenvalue weighted by molar-refractivity contribution is 5.91. The van der Waals surface area contributed by atoms with Crippen LogP contribution in [-0.4, -0.2) is 12.0 Å². The van der Waals surface area contributed by atoms with E-state index in [9.17, 15) is 9.18 Å². The first-order valence-corrected chi connectivity index (χ1v) is 8.83. The number of allylic oxidation sites excluding steroid dienone is 1. The van der Waals surface area contributed by atoms with Crippen LogP contribution in [0.1, 0.15) is 65.2 Å². The fraction of sp³-hybridized carbons (Fsp3) is 0.842. The fourth-order valence-corrected chi connectivity index (χ4v) is 6.50. The summed E-state index contributed by atoms with van der Waals surface area (Å²) in [6.45, 7) is 4.61. The molecule has 1 nitrogen and oxygen atoms in total. The average Bonchev–Trinajstić information content (AvgIpc) is 2.76. The Bertz CT molecular complexity index is 510. The molecule has 0 aromatic rings. The Balaban J connectivity index is 1.69. The van der Waals surface area contributed by atoms with Crippen molar-refractivity contribution in [2.45, 2.75) is 71.4 Å². The van der Waals surface area contributed by atoms with E-state index in [0.29, 0.717) is 23.5 Å². The van der Waals surface area contributed by atoms with E-state index in [1.54, 1.807) is 0 Å². The van der Waals surface area contributed by atoms with Crippen LogP contribution < -0.4 is 0 Å². The number of carbonyl (C=O) groups excluding carboxylic acids is 1. The summed E-state index contributed by atoms with van der Waals surface area (Å²) in [5, 5.41) is 0. The lowest BCUT2D eigenvalue weighted by atomic mass is 9.47. The van der Waals surface area contributed by atoms with Gasteiger partial charge in [-0.15, -0.1) is 0 Å². The molecule has 4 rings (SSSR count). The molecule has 2 heteroatoms. The van der Waals surface area contributed by atoms with Crippen LogP contribution in [0.5, 0.6) is 0 Å². The van der Waals surface area contributed by atoms with Crippen LogP contribution in [0.4, 0.5) is 4.39 Å². The molecular formula is C19H27FO. The van der Waals surface area contributed by atoms with Gasteiger partial charge in [0.1, 0.15) is 6.17 Å². The Morgan fingerprint density at radius 1 is 1.05 bits per heavy atom. The minimum absolute atomic E-state index is 0.0524. The van der Waals surface area contributed by atoms with Crippen molar-refractivity contribution in [1.82, 2.24) is 0 Å². The van der Waals surface area contributed by atoms with Crippen LogP contribution in [0.15, 0.2) is 11.6 Å². The van der Waals surface area contributed by atoms with Crippen LogP contribution in [0.25, 0.3) is 0 Å². The zero-order valence-corrected chi connectivity index (χ0v) is 13.3. The van der Waals surface area contributed by atoms with E-state index < -0.39 is 6.17 Å². The molecule has 0 bridgehead atoms. The molecule has 0 aromatic carbocycles. The van der Waals surface area contributed by atoms with Crippen LogP contribution in [0, 0.1) is 28.6 Å². The molecule has 116 valence electrons. The van der Waals surface area contributed by atoms with Crippen LogP contribution >= 0.6 is 0 Å². The van der Waals surface area contributed by atoms with E-state index in [-0.39, 0.29) is 10.8 Å². The van der Waals surface area contributed by atoms with Gasteiger partial charge in [0.2, 0.25) is 0 Å². The normalized spacial score (nSPS) is 52.7. The van der Waals surface area contributed by atoms with Gasteiger partial charge in [0.15, 0.2) is 5.78 Å². The predicted octanol–water partition coefficient (Wildman–Crippen LogP) is 4.86. The molecule has 6 atom stereocenters. The van der Waals surface area contributed by atoms with Crippen LogP contribution in [-0.2, 0) is 4.79 Å². The van der Waals surface area contributed by atoms with E-state index in [1.807, 2.05) is 6.08 Å². The molecule has 3 fully saturated rings. The van der Waals surface area contributed by atoms with E-state index in [2.05, 4.69) is 13.8 Å². The number of halogens is 1. The molecule has 0 aromatic heterocycles. The van der Waals surface area contributed by atoms with Crippen LogP contribution in [0.2, 0.25) is 0 Å². The van der Waals surface area contributed by atoms with Gasteiger partial charge in [0, 0.05) is 11.8 Å². The number of hydrogen-bond donors (Lipinski definition) is 0. The molecule has 0 spiro atoms. The maximum atomic E-state index is 14.4. The zero-order valence-electron chi connectivity index (χ0n) is 13.3. The Morgan fingerprint density at radius 2 is 1.86 bits per heavy atom. The first-order chi connectivity index (χ1) is 9.95. The van der Waals surface area contributed by atoms with Crippen LogP contribution in [0.3, 0.4) is 0 Å². The van der Waals surface area contributed by atoms with Crippen molar-refractivity contribution >= 4 is 5.78 Å². The summed E-state index contributed by atoms with van der Waals surface area (Å²) < 4.78 is 14.4. The highest BCUT2D eigenvalue weighted by Crippen LogP contribution is 2.65. The van der Waals surface area contributed by atoms with Crippen molar-refractivity contribution in [2.24, 2.45) is 28.6 Å². The molecule has 4 aliphatic rings. The third-order valence-corrected chi connectivity index (χ3v) is 7.85.